The summed E-state index contributed by atoms with van der Waals surface area (Å²) in [7, 11) is 4.90. The molecule has 2 N–H and O–H groups in total. The molecular weight excluding hydrogens is 785 g/mol. The average Bonchev–Trinajstić information content (AvgIpc) is 3.83. The van der Waals surface area contributed by atoms with Crippen LogP contribution in [0.4, 0.5) is 5.69 Å². The number of carbonyl (C=O) groups is 6. The van der Waals surface area contributed by atoms with Gasteiger partial charge >= 0.3 is 0 Å². The van der Waals surface area contributed by atoms with Crippen LogP contribution in [0.2, 0.25) is 0 Å². The smallest absolute Gasteiger partial charge is 0.264 e. The Morgan fingerprint density at radius 3 is 2.38 bits per heavy atom. The number of aliphatic imine (C=N–C) groups is 1. The molecular formula is C45H50N6O10. The minimum atomic E-state index is -1.22. The van der Waals surface area contributed by atoms with Crippen LogP contribution in [0, 0.1) is 5.92 Å². The van der Waals surface area contributed by atoms with Crippen LogP contribution in [-0.2, 0) is 43.9 Å². The number of anilines is 1. The summed E-state index contributed by atoms with van der Waals surface area (Å²) in [5.74, 6) is -0.638. The predicted molar refractivity (Wildman–Crippen MR) is 223 cm³/mol. The number of ketones is 2. The van der Waals surface area contributed by atoms with Gasteiger partial charge in [-0.05, 0) is 68.4 Å². The van der Waals surface area contributed by atoms with Crippen LogP contribution in [-0.4, -0.2) is 114 Å². The van der Waals surface area contributed by atoms with Crippen molar-refractivity contribution >= 4 is 47.1 Å². The lowest BCUT2D eigenvalue weighted by Gasteiger charge is -2.53. The minimum absolute atomic E-state index is 0.0285. The standard InChI is InChI=1S/C45H50N6O10/c1-49-25-33(31-23-46-24-32(31)42(49)56)26-18-36(59-2)29(37(19-26)60-3)6-5-9-39(54)47-13-17-61-16-12-40(55)50-14-10-28(11-15-50)48-34-8-4-7-30-41(34)44(58)51(43(30)57)45-21-27(22-45)35(52)20-38(45)53/h4,7-8,18-19,23,25,27-28,48H,5-6,9-17,20-22,24H2,1-3H3,(H,47,54). The van der Waals surface area contributed by atoms with Crippen molar-refractivity contribution in [3.05, 3.63) is 74.7 Å². The molecule has 4 fully saturated rings. The van der Waals surface area contributed by atoms with Crippen LogP contribution >= 0.6 is 0 Å². The predicted octanol–water partition coefficient (Wildman–Crippen LogP) is 3.24. The third-order valence-corrected chi connectivity index (χ3v) is 12.8. The monoisotopic (exact) mass is 834 g/mol. The Morgan fingerprint density at radius 2 is 1.67 bits per heavy atom. The first-order valence-corrected chi connectivity index (χ1v) is 20.9. The molecule has 3 saturated carbocycles. The molecule has 1 aromatic heterocycles. The number of rotatable bonds is 16. The van der Waals surface area contributed by atoms with E-state index in [9.17, 15) is 33.6 Å². The van der Waals surface area contributed by atoms with E-state index < -0.39 is 17.4 Å². The number of imide groups is 1. The summed E-state index contributed by atoms with van der Waals surface area (Å²) < 4.78 is 18.7. The first kappa shape index (κ1) is 41.6. The number of hydrogen-bond donors (Lipinski definition) is 2. The Morgan fingerprint density at radius 1 is 0.934 bits per heavy atom. The number of piperidine rings is 1. The van der Waals surface area contributed by atoms with Crippen LogP contribution in [0.25, 0.3) is 11.1 Å². The normalized spacial score (nSPS) is 20.4. The number of methoxy groups -OCH3 is 2. The second kappa shape index (κ2) is 17.1. The molecule has 3 aliphatic heterocycles. The van der Waals surface area contributed by atoms with Crippen molar-refractivity contribution < 1.29 is 43.0 Å². The Hall–Kier alpha value is -6.16. The largest absolute Gasteiger partial charge is 0.496 e. The SMILES string of the molecule is COc1cc(-c2cn(C)c(=O)c3c2C=NC3)cc(OC)c1CCCC(=O)NCCOCCC(=O)N1CCC(Nc2cccc3c2C(=O)N(C24CC(C2)C(=O)CC4=O)C3=O)CC1. The highest BCUT2D eigenvalue weighted by Gasteiger charge is 2.64. The topological polar surface area (TPSA) is 195 Å². The van der Waals surface area contributed by atoms with Crippen LogP contribution < -0.4 is 25.7 Å². The van der Waals surface area contributed by atoms with Gasteiger partial charge in [-0.15, -0.1) is 0 Å². The molecule has 6 aliphatic rings. The summed E-state index contributed by atoms with van der Waals surface area (Å²) in [6.45, 7) is 2.18. The van der Waals surface area contributed by atoms with Gasteiger partial charge in [-0.2, -0.15) is 0 Å². The number of Topliss-reactive ketones (excluding diaryl/α,β-unsaturated/α-hetero) is 2. The van der Waals surface area contributed by atoms with Crippen molar-refractivity contribution in [3.8, 4) is 22.6 Å². The molecule has 16 heteroatoms. The number of amides is 4. The zero-order valence-electron chi connectivity index (χ0n) is 34.7. The Bertz CT molecular complexity index is 2380. The molecule has 9 rings (SSSR count). The molecule has 320 valence electrons. The summed E-state index contributed by atoms with van der Waals surface area (Å²) in [4.78, 5) is 97.6. The highest BCUT2D eigenvalue weighted by Crippen LogP contribution is 2.52. The van der Waals surface area contributed by atoms with Crippen LogP contribution in [0.15, 0.2) is 46.3 Å². The number of ether oxygens (including phenoxy) is 3. The number of pyridine rings is 1. The van der Waals surface area contributed by atoms with E-state index >= 15 is 0 Å². The Balaban J connectivity index is 0.738. The van der Waals surface area contributed by atoms with Gasteiger partial charge in [-0.25, -0.2) is 0 Å². The van der Waals surface area contributed by atoms with Crippen molar-refractivity contribution in [1.82, 2.24) is 19.7 Å². The van der Waals surface area contributed by atoms with Crippen molar-refractivity contribution in [2.75, 3.05) is 52.4 Å². The summed E-state index contributed by atoms with van der Waals surface area (Å²) in [6, 6.07) is 8.87. The number of nitrogens with one attached hydrogen (secondary N) is 2. The number of aryl methyl sites for hydroxylation is 1. The molecule has 0 radical (unpaired) electrons. The van der Waals surface area contributed by atoms with E-state index in [1.807, 2.05) is 12.1 Å². The lowest BCUT2D eigenvalue weighted by molar-refractivity contribution is -0.153. The highest BCUT2D eigenvalue weighted by molar-refractivity contribution is 6.27. The van der Waals surface area contributed by atoms with Crippen LogP contribution in [0.1, 0.15) is 88.8 Å². The van der Waals surface area contributed by atoms with Gasteiger partial charge in [0, 0.05) is 85.4 Å². The number of nitrogens with zero attached hydrogens (tertiary/aromatic N) is 4. The van der Waals surface area contributed by atoms with E-state index in [-0.39, 0.29) is 97.3 Å². The van der Waals surface area contributed by atoms with E-state index in [2.05, 4.69) is 15.6 Å². The number of hydrogen-bond acceptors (Lipinski definition) is 12. The molecule has 3 aromatic rings. The van der Waals surface area contributed by atoms with Gasteiger partial charge in [0.2, 0.25) is 11.8 Å². The maximum Gasteiger partial charge on any atom is 0.264 e. The van der Waals surface area contributed by atoms with E-state index in [0.29, 0.717) is 74.6 Å². The lowest BCUT2D eigenvalue weighted by atomic mass is 9.57. The van der Waals surface area contributed by atoms with Crippen molar-refractivity contribution in [3.63, 3.8) is 0 Å². The van der Waals surface area contributed by atoms with Gasteiger partial charge < -0.3 is 34.3 Å². The van der Waals surface area contributed by atoms with Gasteiger partial charge in [-0.1, -0.05) is 6.07 Å². The fraction of sp³-hybridized carbons (Fsp3) is 0.467. The summed E-state index contributed by atoms with van der Waals surface area (Å²) in [5.41, 5.74) is 3.74. The molecule has 16 nitrogen and oxygen atoms in total. The second-order valence-corrected chi connectivity index (χ2v) is 16.4. The maximum absolute atomic E-state index is 13.7. The third-order valence-electron chi connectivity index (χ3n) is 12.8. The second-order valence-electron chi connectivity index (χ2n) is 16.4. The number of benzene rings is 2. The third kappa shape index (κ3) is 7.73. The van der Waals surface area contributed by atoms with Crippen molar-refractivity contribution in [1.29, 1.82) is 0 Å². The maximum atomic E-state index is 13.7. The molecule has 4 amide bonds. The van der Waals surface area contributed by atoms with Gasteiger partial charge in [0.15, 0.2) is 5.78 Å². The molecule has 1 saturated heterocycles. The zero-order chi connectivity index (χ0) is 43.0. The van der Waals surface area contributed by atoms with E-state index in [1.165, 1.54) is 0 Å². The van der Waals surface area contributed by atoms with E-state index in [1.54, 1.807) is 61.3 Å². The molecule has 0 unspecified atom stereocenters. The Labute approximate surface area is 352 Å². The van der Waals surface area contributed by atoms with Gasteiger partial charge in [0.05, 0.1) is 57.9 Å². The van der Waals surface area contributed by atoms with Crippen molar-refractivity contribution in [2.45, 2.75) is 75.9 Å². The molecule has 0 spiro atoms. The fourth-order valence-corrected chi connectivity index (χ4v) is 9.43. The Kier molecular flexibility index (Phi) is 11.6. The summed E-state index contributed by atoms with van der Waals surface area (Å²) in [6.07, 6.45) is 6.57. The minimum Gasteiger partial charge on any atom is -0.496 e. The first-order valence-electron chi connectivity index (χ1n) is 20.9. The number of likely N-dealkylation sites (tertiary alicyclic amines) is 1. The van der Waals surface area contributed by atoms with E-state index in [0.717, 1.165) is 27.2 Å². The quantitative estimate of drug-likeness (QED) is 0.122. The highest BCUT2D eigenvalue weighted by atomic mass is 16.5. The average molecular weight is 835 g/mol. The van der Waals surface area contributed by atoms with Crippen molar-refractivity contribution in [2.24, 2.45) is 18.0 Å². The molecule has 2 aromatic carbocycles. The molecule has 4 heterocycles. The lowest BCUT2D eigenvalue weighted by Crippen LogP contribution is -2.68. The fourth-order valence-electron chi connectivity index (χ4n) is 9.43. The summed E-state index contributed by atoms with van der Waals surface area (Å²) in [5, 5.41) is 6.30. The van der Waals surface area contributed by atoms with E-state index in [4.69, 9.17) is 14.2 Å². The van der Waals surface area contributed by atoms with Gasteiger partial charge in [0.25, 0.3) is 17.4 Å². The van der Waals surface area contributed by atoms with Gasteiger partial charge in [0.1, 0.15) is 22.8 Å². The van der Waals surface area contributed by atoms with Gasteiger partial charge in [-0.3, -0.25) is 43.5 Å². The number of fused-ring (bicyclic) bond motifs is 4. The molecule has 0 atom stereocenters. The summed E-state index contributed by atoms with van der Waals surface area (Å²) >= 11 is 0. The zero-order valence-corrected chi connectivity index (χ0v) is 34.7. The molecule has 2 bridgehead atoms. The number of aromatic nitrogens is 1. The first-order chi connectivity index (χ1) is 29.4. The number of carbonyl (C=O) groups excluding carboxylic acids is 6. The van der Waals surface area contributed by atoms with Crippen LogP contribution in [0.5, 0.6) is 11.5 Å². The van der Waals surface area contributed by atoms with Crippen LogP contribution in [0.3, 0.4) is 0 Å². The molecule has 3 aliphatic carbocycles. The molecule has 61 heavy (non-hydrogen) atoms.